The minimum atomic E-state index is 0.261. The quantitative estimate of drug-likeness (QED) is 0.726. The molecule has 0 bridgehead atoms. The van der Waals surface area contributed by atoms with E-state index in [0.717, 1.165) is 49.9 Å². The molecule has 6 heteroatoms. The van der Waals surface area contributed by atoms with Crippen LogP contribution < -0.4 is 0 Å². The van der Waals surface area contributed by atoms with Crippen LogP contribution in [-0.4, -0.2) is 52.8 Å². The number of hydrogen-bond donors (Lipinski definition) is 0. The van der Waals surface area contributed by atoms with E-state index in [1.54, 1.807) is 11.8 Å². The van der Waals surface area contributed by atoms with E-state index in [1.165, 1.54) is 16.0 Å². The molecule has 0 radical (unpaired) electrons. The van der Waals surface area contributed by atoms with Crippen LogP contribution in [0.2, 0.25) is 0 Å². The molecular formula is C20H27N3O2S. The summed E-state index contributed by atoms with van der Waals surface area (Å²) in [5.41, 5.74) is 3.53. The second kappa shape index (κ2) is 8.73. The molecule has 0 N–H and O–H groups in total. The van der Waals surface area contributed by atoms with Crippen LogP contribution in [0.15, 0.2) is 33.7 Å². The van der Waals surface area contributed by atoms with Crippen LogP contribution >= 0.6 is 11.8 Å². The van der Waals surface area contributed by atoms with Gasteiger partial charge in [-0.25, -0.2) is 0 Å². The fourth-order valence-corrected chi connectivity index (χ4v) is 4.02. The lowest BCUT2D eigenvalue weighted by Crippen LogP contribution is -2.48. The number of thioether (sulfide) groups is 1. The lowest BCUT2D eigenvalue weighted by molar-refractivity contribution is -0.132. The lowest BCUT2D eigenvalue weighted by atomic mass is 10.1. The Kier molecular flexibility index (Phi) is 6.38. The highest BCUT2D eigenvalue weighted by Crippen LogP contribution is 2.22. The predicted molar refractivity (Wildman–Crippen MR) is 104 cm³/mol. The molecule has 0 aliphatic carbocycles. The van der Waals surface area contributed by atoms with Gasteiger partial charge in [0.05, 0.1) is 12.2 Å². The fourth-order valence-electron chi connectivity index (χ4n) is 3.08. The molecule has 2 heterocycles. The standard InChI is InChI=1S/C20H27N3O2S/c1-15-4-5-19(12-16(15)2)26-11-6-20(24)23-9-7-22(8-10-23)14-18-13-17(3)21-25-18/h4-5,12-13H,6-11,14H2,1-3H3. The molecule has 0 saturated carbocycles. The number of hydrogen-bond acceptors (Lipinski definition) is 5. The van der Waals surface area contributed by atoms with Gasteiger partial charge in [-0.3, -0.25) is 9.69 Å². The van der Waals surface area contributed by atoms with Crippen molar-refractivity contribution in [1.29, 1.82) is 0 Å². The van der Waals surface area contributed by atoms with Crippen LogP contribution in [0.4, 0.5) is 0 Å². The van der Waals surface area contributed by atoms with E-state index in [2.05, 4.69) is 42.1 Å². The molecule has 1 aliphatic rings. The molecule has 1 saturated heterocycles. The lowest BCUT2D eigenvalue weighted by Gasteiger charge is -2.34. The van der Waals surface area contributed by atoms with Crippen molar-refractivity contribution in [2.24, 2.45) is 0 Å². The molecule has 0 atom stereocenters. The Morgan fingerprint density at radius 3 is 2.54 bits per heavy atom. The van der Waals surface area contributed by atoms with Crippen LogP contribution in [0.5, 0.6) is 0 Å². The molecule has 1 aliphatic heterocycles. The predicted octanol–water partition coefficient (Wildman–Crippen LogP) is 3.43. The molecule has 1 amide bonds. The van der Waals surface area contributed by atoms with E-state index >= 15 is 0 Å². The van der Waals surface area contributed by atoms with Gasteiger partial charge in [0.15, 0.2) is 5.76 Å². The van der Waals surface area contributed by atoms with Crippen molar-refractivity contribution >= 4 is 17.7 Å². The summed E-state index contributed by atoms with van der Waals surface area (Å²) in [6.07, 6.45) is 0.596. The van der Waals surface area contributed by atoms with Gasteiger partial charge >= 0.3 is 0 Å². The van der Waals surface area contributed by atoms with Crippen molar-refractivity contribution in [2.75, 3.05) is 31.9 Å². The number of benzene rings is 1. The summed E-state index contributed by atoms with van der Waals surface area (Å²) in [7, 11) is 0. The average Bonchev–Trinajstić information content (AvgIpc) is 3.03. The highest BCUT2D eigenvalue weighted by atomic mass is 32.2. The Bertz CT molecular complexity index is 751. The summed E-state index contributed by atoms with van der Waals surface area (Å²) < 4.78 is 5.28. The first-order valence-corrected chi connectivity index (χ1v) is 10.1. The summed E-state index contributed by atoms with van der Waals surface area (Å²) >= 11 is 1.76. The van der Waals surface area contributed by atoms with Gasteiger partial charge in [0.1, 0.15) is 0 Å². The first-order chi connectivity index (χ1) is 12.5. The van der Waals surface area contributed by atoms with Crippen LogP contribution in [-0.2, 0) is 11.3 Å². The normalized spacial score (nSPS) is 15.4. The van der Waals surface area contributed by atoms with Gasteiger partial charge in [-0.2, -0.15) is 0 Å². The number of nitrogens with zero attached hydrogens (tertiary/aromatic N) is 3. The smallest absolute Gasteiger partial charge is 0.223 e. The summed E-state index contributed by atoms with van der Waals surface area (Å²) in [5, 5.41) is 3.93. The molecule has 1 aromatic heterocycles. The van der Waals surface area contributed by atoms with Gasteiger partial charge in [0, 0.05) is 49.3 Å². The monoisotopic (exact) mass is 373 g/mol. The molecule has 140 valence electrons. The first kappa shape index (κ1) is 19.0. The summed E-state index contributed by atoms with van der Waals surface area (Å²) in [6.45, 7) is 10.3. The summed E-state index contributed by atoms with van der Waals surface area (Å²) in [5.74, 6) is 1.99. The third-order valence-corrected chi connectivity index (χ3v) is 5.84. The van der Waals surface area contributed by atoms with Crippen molar-refractivity contribution in [2.45, 2.75) is 38.6 Å². The third kappa shape index (κ3) is 5.11. The van der Waals surface area contributed by atoms with E-state index in [9.17, 15) is 4.79 Å². The molecule has 0 unspecified atom stereocenters. The van der Waals surface area contributed by atoms with E-state index in [4.69, 9.17) is 4.52 Å². The topological polar surface area (TPSA) is 49.6 Å². The maximum Gasteiger partial charge on any atom is 0.223 e. The van der Waals surface area contributed by atoms with Crippen LogP contribution in [0.25, 0.3) is 0 Å². The second-order valence-corrected chi connectivity index (χ2v) is 8.10. The van der Waals surface area contributed by atoms with Gasteiger partial charge < -0.3 is 9.42 Å². The van der Waals surface area contributed by atoms with Gasteiger partial charge in [-0.15, -0.1) is 11.8 Å². The van der Waals surface area contributed by atoms with E-state index in [0.29, 0.717) is 6.42 Å². The van der Waals surface area contributed by atoms with Crippen molar-refractivity contribution in [1.82, 2.24) is 15.0 Å². The summed E-state index contributed by atoms with van der Waals surface area (Å²) in [6, 6.07) is 8.46. The number of carbonyl (C=O) groups excluding carboxylic acids is 1. The van der Waals surface area contributed by atoms with Crippen molar-refractivity contribution in [3.63, 3.8) is 0 Å². The van der Waals surface area contributed by atoms with Crippen molar-refractivity contribution < 1.29 is 9.32 Å². The largest absolute Gasteiger partial charge is 0.360 e. The van der Waals surface area contributed by atoms with Crippen molar-refractivity contribution in [3.8, 4) is 0 Å². The molecular weight excluding hydrogens is 346 g/mol. The highest BCUT2D eigenvalue weighted by molar-refractivity contribution is 7.99. The zero-order chi connectivity index (χ0) is 18.5. The Morgan fingerprint density at radius 1 is 1.12 bits per heavy atom. The van der Waals surface area contributed by atoms with Crippen LogP contribution in [0, 0.1) is 20.8 Å². The van der Waals surface area contributed by atoms with Gasteiger partial charge in [0.2, 0.25) is 5.91 Å². The van der Waals surface area contributed by atoms with Gasteiger partial charge in [-0.1, -0.05) is 11.2 Å². The van der Waals surface area contributed by atoms with E-state index < -0.39 is 0 Å². The SMILES string of the molecule is Cc1cc(CN2CCN(C(=O)CCSc3ccc(C)c(C)c3)CC2)on1. The Hall–Kier alpha value is -1.79. The van der Waals surface area contributed by atoms with E-state index in [1.807, 2.05) is 17.9 Å². The maximum absolute atomic E-state index is 12.4. The van der Waals surface area contributed by atoms with Gasteiger partial charge in [0.25, 0.3) is 0 Å². The molecule has 1 aromatic carbocycles. The molecule has 0 spiro atoms. The first-order valence-electron chi connectivity index (χ1n) is 9.13. The Balaban J connectivity index is 1.38. The number of piperazine rings is 1. The average molecular weight is 374 g/mol. The number of aryl methyl sites for hydroxylation is 3. The Labute approximate surface area is 159 Å². The highest BCUT2D eigenvalue weighted by Gasteiger charge is 2.21. The molecule has 26 heavy (non-hydrogen) atoms. The molecule has 2 aromatic rings. The number of aromatic nitrogens is 1. The maximum atomic E-state index is 12.4. The minimum absolute atomic E-state index is 0.261. The zero-order valence-corrected chi connectivity index (χ0v) is 16.6. The van der Waals surface area contributed by atoms with E-state index in [-0.39, 0.29) is 5.91 Å². The fraction of sp³-hybridized carbons (Fsp3) is 0.500. The number of rotatable bonds is 6. The zero-order valence-electron chi connectivity index (χ0n) is 15.8. The van der Waals surface area contributed by atoms with Crippen LogP contribution in [0.3, 0.4) is 0 Å². The van der Waals surface area contributed by atoms with Gasteiger partial charge in [-0.05, 0) is 44.0 Å². The third-order valence-electron chi connectivity index (χ3n) is 4.84. The van der Waals surface area contributed by atoms with Crippen LogP contribution in [0.1, 0.15) is 29.0 Å². The molecule has 3 rings (SSSR count). The molecule has 1 fully saturated rings. The second-order valence-electron chi connectivity index (χ2n) is 6.94. The number of amides is 1. The minimum Gasteiger partial charge on any atom is -0.360 e. The molecule has 5 nitrogen and oxygen atoms in total. The summed E-state index contributed by atoms with van der Waals surface area (Å²) in [4.78, 5) is 18.0. The van der Waals surface area contributed by atoms with Crippen molar-refractivity contribution in [3.05, 3.63) is 46.8 Å². The number of carbonyl (C=O) groups is 1. The Morgan fingerprint density at radius 2 is 1.88 bits per heavy atom.